The Morgan fingerprint density at radius 2 is 1.71 bits per heavy atom. The van der Waals surface area contributed by atoms with Crippen LogP contribution < -0.4 is 0 Å². The van der Waals surface area contributed by atoms with Crippen molar-refractivity contribution in [3.05, 3.63) is 0 Å². The Balaban J connectivity index is 0.000000461. The number of aliphatic hydroxyl groups is 1. The van der Waals surface area contributed by atoms with E-state index in [1.165, 1.54) is 0 Å². The number of rotatable bonds is 1. The van der Waals surface area contributed by atoms with E-state index < -0.39 is 5.60 Å². The van der Waals surface area contributed by atoms with Gasteiger partial charge in [0.2, 0.25) is 0 Å². The summed E-state index contributed by atoms with van der Waals surface area (Å²) in [5, 5.41) is 9.71. The molecule has 2 saturated heterocycles. The lowest BCUT2D eigenvalue weighted by Crippen LogP contribution is -2.54. The molecule has 0 aromatic heterocycles. The molecule has 2 rings (SSSR count). The molecule has 0 aliphatic carbocycles. The van der Waals surface area contributed by atoms with E-state index in [4.69, 9.17) is 4.74 Å². The molecule has 0 amide bonds. The minimum absolute atomic E-state index is 0.416. The summed E-state index contributed by atoms with van der Waals surface area (Å²) in [4.78, 5) is 2.43. The third-order valence-electron chi connectivity index (χ3n) is 3.01. The molecule has 0 saturated carbocycles. The van der Waals surface area contributed by atoms with Crippen LogP contribution in [-0.2, 0) is 4.74 Å². The quantitative estimate of drug-likeness (QED) is 0.693. The van der Waals surface area contributed by atoms with Crippen LogP contribution in [0.25, 0.3) is 0 Å². The Bertz CT molecular complexity index is 157. The highest BCUT2D eigenvalue weighted by molar-refractivity contribution is 4.86. The summed E-state index contributed by atoms with van der Waals surface area (Å²) < 4.78 is 5.14. The lowest BCUT2D eigenvalue weighted by atomic mass is 9.93. The Kier molecular flexibility index (Phi) is 4.35. The molecule has 1 N–H and O–H groups in total. The van der Waals surface area contributed by atoms with Crippen molar-refractivity contribution in [2.75, 3.05) is 26.3 Å². The molecule has 0 atom stereocenters. The average molecular weight is 201 g/mol. The average Bonchev–Trinajstić information content (AvgIpc) is 2.09. The zero-order chi connectivity index (χ0) is 10.6. The SMILES string of the molecule is CC.CC1(O)CCN(C2COC2)CC1. The van der Waals surface area contributed by atoms with Gasteiger partial charge in [-0.1, -0.05) is 13.8 Å². The lowest BCUT2D eigenvalue weighted by Gasteiger charge is -2.43. The summed E-state index contributed by atoms with van der Waals surface area (Å²) in [6.07, 6.45) is 1.81. The molecule has 0 aromatic carbocycles. The maximum Gasteiger partial charge on any atom is 0.0645 e. The molecule has 2 heterocycles. The summed E-state index contributed by atoms with van der Waals surface area (Å²) >= 11 is 0. The normalized spacial score (nSPS) is 27.4. The van der Waals surface area contributed by atoms with Crippen LogP contribution in [-0.4, -0.2) is 48.0 Å². The van der Waals surface area contributed by atoms with Gasteiger partial charge in [0.1, 0.15) is 0 Å². The zero-order valence-corrected chi connectivity index (χ0v) is 9.62. The smallest absolute Gasteiger partial charge is 0.0645 e. The van der Waals surface area contributed by atoms with Gasteiger partial charge >= 0.3 is 0 Å². The molecule has 3 heteroatoms. The van der Waals surface area contributed by atoms with E-state index in [-0.39, 0.29) is 0 Å². The first-order valence-corrected chi connectivity index (χ1v) is 5.72. The standard InChI is InChI=1S/C9H17NO2.C2H6/c1-9(11)2-4-10(5-3-9)8-6-12-7-8;1-2/h8,11H,2-7H2,1H3;1-2H3. The van der Waals surface area contributed by atoms with Crippen molar-refractivity contribution in [1.82, 2.24) is 4.90 Å². The van der Waals surface area contributed by atoms with Crippen molar-refractivity contribution >= 4 is 0 Å². The number of nitrogens with zero attached hydrogens (tertiary/aromatic N) is 1. The first kappa shape index (κ1) is 12.0. The number of hydrogen-bond donors (Lipinski definition) is 1. The highest BCUT2D eigenvalue weighted by atomic mass is 16.5. The van der Waals surface area contributed by atoms with Gasteiger partial charge in [0.05, 0.1) is 24.9 Å². The number of likely N-dealkylation sites (tertiary alicyclic amines) is 1. The van der Waals surface area contributed by atoms with Crippen molar-refractivity contribution in [2.45, 2.75) is 45.3 Å². The van der Waals surface area contributed by atoms with Crippen LogP contribution in [0, 0.1) is 0 Å². The van der Waals surface area contributed by atoms with E-state index in [0.717, 1.165) is 39.1 Å². The van der Waals surface area contributed by atoms with Crippen molar-refractivity contribution in [2.24, 2.45) is 0 Å². The molecule has 0 aromatic rings. The third kappa shape index (κ3) is 2.94. The zero-order valence-electron chi connectivity index (χ0n) is 9.62. The fourth-order valence-electron chi connectivity index (χ4n) is 1.80. The number of piperidine rings is 1. The monoisotopic (exact) mass is 201 g/mol. The van der Waals surface area contributed by atoms with E-state index in [0.29, 0.717) is 6.04 Å². The van der Waals surface area contributed by atoms with E-state index in [1.54, 1.807) is 0 Å². The first-order valence-electron chi connectivity index (χ1n) is 5.72. The second-order valence-corrected chi connectivity index (χ2v) is 4.22. The minimum Gasteiger partial charge on any atom is -0.390 e. The van der Waals surface area contributed by atoms with Crippen LogP contribution in [0.1, 0.15) is 33.6 Å². The van der Waals surface area contributed by atoms with Crippen LogP contribution in [0.4, 0.5) is 0 Å². The Morgan fingerprint density at radius 3 is 2.07 bits per heavy atom. The molecule has 0 radical (unpaired) electrons. The van der Waals surface area contributed by atoms with Gasteiger partial charge in [0.25, 0.3) is 0 Å². The van der Waals surface area contributed by atoms with Crippen LogP contribution in [0.15, 0.2) is 0 Å². The van der Waals surface area contributed by atoms with E-state index in [9.17, 15) is 5.11 Å². The Labute approximate surface area is 87.1 Å². The molecule has 0 bridgehead atoms. The van der Waals surface area contributed by atoms with Gasteiger partial charge in [-0.2, -0.15) is 0 Å². The predicted octanol–water partition coefficient (Wildman–Crippen LogP) is 1.26. The molecule has 0 unspecified atom stereocenters. The topological polar surface area (TPSA) is 32.7 Å². The Morgan fingerprint density at radius 1 is 1.21 bits per heavy atom. The van der Waals surface area contributed by atoms with E-state index >= 15 is 0 Å². The summed E-state index contributed by atoms with van der Waals surface area (Å²) in [5.74, 6) is 0. The predicted molar refractivity (Wildman–Crippen MR) is 57.4 cm³/mol. The fraction of sp³-hybridized carbons (Fsp3) is 1.00. The highest BCUT2D eigenvalue weighted by Gasteiger charge is 2.33. The Hall–Kier alpha value is -0.120. The second-order valence-electron chi connectivity index (χ2n) is 4.22. The number of ether oxygens (including phenoxy) is 1. The number of hydrogen-bond acceptors (Lipinski definition) is 3. The summed E-state index contributed by atoms with van der Waals surface area (Å²) in [7, 11) is 0. The molecular weight excluding hydrogens is 178 g/mol. The van der Waals surface area contributed by atoms with Crippen molar-refractivity contribution in [3.8, 4) is 0 Å². The van der Waals surface area contributed by atoms with Crippen LogP contribution in [0.5, 0.6) is 0 Å². The van der Waals surface area contributed by atoms with Gasteiger partial charge in [0, 0.05) is 13.1 Å². The summed E-state index contributed by atoms with van der Waals surface area (Å²) in [6.45, 7) is 9.77. The molecule has 0 spiro atoms. The lowest BCUT2D eigenvalue weighted by molar-refractivity contribution is -0.0946. The molecule has 2 aliphatic rings. The second kappa shape index (κ2) is 5.10. The van der Waals surface area contributed by atoms with Crippen LogP contribution in [0.3, 0.4) is 0 Å². The van der Waals surface area contributed by atoms with Crippen molar-refractivity contribution < 1.29 is 9.84 Å². The fourth-order valence-corrected chi connectivity index (χ4v) is 1.80. The maximum absolute atomic E-state index is 9.71. The molecular formula is C11H23NO2. The minimum atomic E-state index is -0.416. The van der Waals surface area contributed by atoms with Gasteiger partial charge < -0.3 is 9.84 Å². The van der Waals surface area contributed by atoms with E-state index in [2.05, 4.69) is 4.90 Å². The maximum atomic E-state index is 9.71. The molecule has 84 valence electrons. The van der Waals surface area contributed by atoms with Gasteiger partial charge in [-0.15, -0.1) is 0 Å². The van der Waals surface area contributed by atoms with Crippen molar-refractivity contribution in [3.63, 3.8) is 0 Å². The van der Waals surface area contributed by atoms with Gasteiger partial charge in [-0.3, -0.25) is 4.90 Å². The first-order chi connectivity index (χ1) is 6.67. The molecule has 14 heavy (non-hydrogen) atoms. The molecule has 2 aliphatic heterocycles. The van der Waals surface area contributed by atoms with Crippen molar-refractivity contribution in [1.29, 1.82) is 0 Å². The molecule has 3 nitrogen and oxygen atoms in total. The molecule has 2 fully saturated rings. The van der Waals surface area contributed by atoms with Gasteiger partial charge in [-0.25, -0.2) is 0 Å². The van der Waals surface area contributed by atoms with Crippen LogP contribution >= 0.6 is 0 Å². The third-order valence-corrected chi connectivity index (χ3v) is 3.01. The van der Waals surface area contributed by atoms with Crippen LogP contribution in [0.2, 0.25) is 0 Å². The van der Waals surface area contributed by atoms with Gasteiger partial charge in [0.15, 0.2) is 0 Å². The highest BCUT2D eigenvalue weighted by Crippen LogP contribution is 2.24. The van der Waals surface area contributed by atoms with Gasteiger partial charge in [-0.05, 0) is 19.8 Å². The summed E-state index contributed by atoms with van der Waals surface area (Å²) in [6, 6.07) is 0.640. The van der Waals surface area contributed by atoms with E-state index in [1.807, 2.05) is 20.8 Å². The largest absolute Gasteiger partial charge is 0.390 e. The summed E-state index contributed by atoms with van der Waals surface area (Å²) in [5.41, 5.74) is -0.416.